The Labute approximate surface area is 152 Å². The maximum Gasteiger partial charge on any atom is 0.307 e. The molecule has 1 aliphatic rings. The fraction of sp³-hybridized carbons (Fsp3) is 0.529. The molecule has 1 aromatic rings. The van der Waals surface area contributed by atoms with E-state index in [9.17, 15) is 14.7 Å². The molecule has 0 saturated carbocycles. The minimum Gasteiger partial charge on any atom is -0.481 e. The molecule has 1 amide bonds. The number of carboxylic acids is 1. The Hall–Kier alpha value is -1.30. The summed E-state index contributed by atoms with van der Waals surface area (Å²) in [6.45, 7) is 3.81. The molecule has 5 nitrogen and oxygen atoms in total. The molecule has 24 heavy (non-hydrogen) atoms. The van der Waals surface area contributed by atoms with Gasteiger partial charge in [-0.25, -0.2) is 0 Å². The van der Waals surface area contributed by atoms with E-state index in [-0.39, 0.29) is 18.4 Å². The number of halogens is 2. The molecule has 2 rings (SSSR count). The van der Waals surface area contributed by atoms with Gasteiger partial charge in [0.15, 0.2) is 0 Å². The van der Waals surface area contributed by atoms with Gasteiger partial charge in [-0.15, -0.1) is 0 Å². The average molecular weight is 373 g/mol. The van der Waals surface area contributed by atoms with Crippen molar-refractivity contribution in [3.05, 3.63) is 33.8 Å². The van der Waals surface area contributed by atoms with Gasteiger partial charge in [-0.1, -0.05) is 30.1 Å². The lowest BCUT2D eigenvalue weighted by molar-refractivity contribution is -0.145. The third-order valence-corrected chi connectivity index (χ3v) is 4.65. The van der Waals surface area contributed by atoms with Crippen LogP contribution in [0.2, 0.25) is 10.0 Å². The number of hydrogen-bond acceptors (Lipinski definition) is 3. The molecule has 1 saturated heterocycles. The van der Waals surface area contributed by atoms with Crippen molar-refractivity contribution in [1.82, 2.24) is 9.80 Å². The van der Waals surface area contributed by atoms with Crippen LogP contribution in [0.4, 0.5) is 0 Å². The zero-order valence-electron chi connectivity index (χ0n) is 13.8. The maximum atomic E-state index is 12.4. The summed E-state index contributed by atoms with van der Waals surface area (Å²) in [5.74, 6) is -0.978. The zero-order chi connectivity index (χ0) is 17.9. The lowest BCUT2D eigenvalue weighted by Gasteiger charge is -2.35. The molecule has 0 aliphatic carbocycles. The Kier molecular flexibility index (Phi) is 6.49. The van der Waals surface area contributed by atoms with Gasteiger partial charge in [0.2, 0.25) is 5.91 Å². The molecule has 1 aliphatic heterocycles. The first-order valence-electron chi connectivity index (χ1n) is 7.88. The number of carbonyl (C=O) groups excluding carboxylic acids is 1. The minimum absolute atomic E-state index is 0.0515. The molecule has 2 atom stereocenters. The number of likely N-dealkylation sites (N-methyl/N-ethyl adjacent to an activating group) is 1. The average Bonchev–Trinajstić information content (AvgIpc) is 2.45. The van der Waals surface area contributed by atoms with Crippen molar-refractivity contribution >= 4 is 35.1 Å². The van der Waals surface area contributed by atoms with Crippen LogP contribution in [-0.2, 0) is 16.1 Å². The van der Waals surface area contributed by atoms with Crippen LogP contribution < -0.4 is 0 Å². The quantitative estimate of drug-likeness (QED) is 0.862. The standard InChI is InChI=1S/C17H22Cl2N2O3/c1-11-3-13(17(23)24)9-21(7-11)10-16(22)20(2)8-12-4-14(18)6-15(19)5-12/h4-6,11,13H,3,7-10H2,1-2H3,(H,23,24). The van der Waals surface area contributed by atoms with E-state index in [0.717, 1.165) is 12.1 Å². The largest absolute Gasteiger partial charge is 0.481 e. The zero-order valence-corrected chi connectivity index (χ0v) is 15.3. The van der Waals surface area contributed by atoms with Crippen molar-refractivity contribution in [2.45, 2.75) is 19.9 Å². The van der Waals surface area contributed by atoms with Gasteiger partial charge in [-0.05, 0) is 36.1 Å². The third-order valence-electron chi connectivity index (χ3n) is 4.21. The summed E-state index contributed by atoms with van der Waals surface area (Å²) < 4.78 is 0. The van der Waals surface area contributed by atoms with Crippen LogP contribution in [0.1, 0.15) is 18.9 Å². The topological polar surface area (TPSA) is 60.9 Å². The lowest BCUT2D eigenvalue weighted by Crippen LogP contribution is -2.47. The van der Waals surface area contributed by atoms with Gasteiger partial charge in [-0.3, -0.25) is 14.5 Å². The number of likely N-dealkylation sites (tertiary alicyclic amines) is 1. The first kappa shape index (κ1) is 19.0. The molecule has 1 aromatic carbocycles. The molecule has 1 heterocycles. The predicted octanol–water partition coefficient (Wildman–Crippen LogP) is 2.99. The number of aliphatic carboxylic acids is 1. The Morgan fingerprint density at radius 3 is 2.46 bits per heavy atom. The van der Waals surface area contributed by atoms with Crippen molar-refractivity contribution in [2.75, 3.05) is 26.7 Å². The van der Waals surface area contributed by atoms with E-state index < -0.39 is 11.9 Å². The summed E-state index contributed by atoms with van der Waals surface area (Å²) in [4.78, 5) is 27.2. The van der Waals surface area contributed by atoms with Crippen LogP contribution in [0.25, 0.3) is 0 Å². The van der Waals surface area contributed by atoms with Crippen LogP contribution >= 0.6 is 23.2 Å². The maximum absolute atomic E-state index is 12.4. The van der Waals surface area contributed by atoms with Crippen molar-refractivity contribution in [1.29, 1.82) is 0 Å². The molecule has 1 N–H and O–H groups in total. The predicted molar refractivity (Wildman–Crippen MR) is 94.3 cm³/mol. The summed E-state index contributed by atoms with van der Waals surface area (Å²) in [5, 5.41) is 10.3. The van der Waals surface area contributed by atoms with Gasteiger partial charge in [0.1, 0.15) is 0 Å². The van der Waals surface area contributed by atoms with E-state index in [1.807, 2.05) is 11.8 Å². The number of benzene rings is 1. The van der Waals surface area contributed by atoms with Crippen LogP contribution in [0, 0.1) is 11.8 Å². The minimum atomic E-state index is -0.791. The van der Waals surface area contributed by atoms with Crippen molar-refractivity contribution in [3.63, 3.8) is 0 Å². The fourth-order valence-corrected chi connectivity index (χ4v) is 3.72. The number of carboxylic acid groups (broad SMARTS) is 1. The third kappa shape index (κ3) is 5.36. The van der Waals surface area contributed by atoms with Gasteiger partial charge in [0.25, 0.3) is 0 Å². The molecule has 132 valence electrons. The van der Waals surface area contributed by atoms with Gasteiger partial charge in [0, 0.05) is 36.7 Å². The van der Waals surface area contributed by atoms with Crippen LogP contribution in [0.5, 0.6) is 0 Å². The molecule has 0 bridgehead atoms. The molecular weight excluding hydrogens is 351 g/mol. The normalized spacial score (nSPS) is 21.5. The summed E-state index contributed by atoms with van der Waals surface area (Å²) in [6, 6.07) is 5.21. The second-order valence-corrected chi connectivity index (χ2v) is 7.47. The van der Waals surface area contributed by atoms with E-state index in [0.29, 0.717) is 29.6 Å². The monoisotopic (exact) mass is 372 g/mol. The Bertz CT molecular complexity index is 604. The number of carbonyl (C=O) groups is 2. The van der Waals surface area contributed by atoms with Crippen LogP contribution in [0.15, 0.2) is 18.2 Å². The molecule has 0 radical (unpaired) electrons. The number of amides is 1. The first-order chi connectivity index (χ1) is 11.2. The Morgan fingerprint density at radius 2 is 1.88 bits per heavy atom. The number of piperidine rings is 1. The van der Waals surface area contributed by atoms with E-state index in [1.54, 1.807) is 30.1 Å². The first-order valence-corrected chi connectivity index (χ1v) is 8.64. The van der Waals surface area contributed by atoms with Crippen LogP contribution in [-0.4, -0.2) is 53.5 Å². The van der Waals surface area contributed by atoms with E-state index in [2.05, 4.69) is 0 Å². The highest BCUT2D eigenvalue weighted by atomic mass is 35.5. The Morgan fingerprint density at radius 1 is 1.25 bits per heavy atom. The van der Waals surface area contributed by atoms with Crippen LogP contribution in [0.3, 0.4) is 0 Å². The van der Waals surface area contributed by atoms with Gasteiger partial charge in [-0.2, -0.15) is 0 Å². The van der Waals surface area contributed by atoms with Gasteiger partial charge < -0.3 is 10.0 Å². The van der Waals surface area contributed by atoms with Gasteiger partial charge >= 0.3 is 5.97 Å². The van der Waals surface area contributed by atoms with E-state index in [1.165, 1.54) is 0 Å². The van der Waals surface area contributed by atoms with Crippen molar-refractivity contribution in [3.8, 4) is 0 Å². The molecular formula is C17H22Cl2N2O3. The number of rotatable bonds is 5. The molecule has 2 unspecified atom stereocenters. The summed E-state index contributed by atoms with van der Waals surface area (Å²) in [6.07, 6.45) is 0.664. The second kappa shape index (κ2) is 8.19. The van der Waals surface area contributed by atoms with Crippen molar-refractivity contribution < 1.29 is 14.7 Å². The summed E-state index contributed by atoms with van der Waals surface area (Å²) >= 11 is 12.0. The second-order valence-electron chi connectivity index (χ2n) is 6.60. The summed E-state index contributed by atoms with van der Waals surface area (Å²) in [5.41, 5.74) is 0.860. The SMILES string of the molecule is CC1CC(C(=O)O)CN(CC(=O)N(C)Cc2cc(Cl)cc(Cl)c2)C1. The molecule has 0 spiro atoms. The van der Waals surface area contributed by atoms with Gasteiger partial charge in [0.05, 0.1) is 12.5 Å². The molecule has 0 aromatic heterocycles. The fourth-order valence-electron chi connectivity index (χ4n) is 3.15. The highest BCUT2D eigenvalue weighted by molar-refractivity contribution is 6.34. The summed E-state index contributed by atoms with van der Waals surface area (Å²) in [7, 11) is 1.72. The highest BCUT2D eigenvalue weighted by Crippen LogP contribution is 2.22. The molecule has 1 fully saturated rings. The van der Waals surface area contributed by atoms with E-state index in [4.69, 9.17) is 23.2 Å². The van der Waals surface area contributed by atoms with E-state index >= 15 is 0 Å². The Balaban J connectivity index is 1.94. The smallest absolute Gasteiger partial charge is 0.307 e. The lowest BCUT2D eigenvalue weighted by atomic mass is 9.90. The molecule has 7 heteroatoms. The van der Waals surface area contributed by atoms with Crippen molar-refractivity contribution in [2.24, 2.45) is 11.8 Å². The number of nitrogens with zero attached hydrogens (tertiary/aromatic N) is 2. The number of hydrogen-bond donors (Lipinski definition) is 1. The highest BCUT2D eigenvalue weighted by Gasteiger charge is 2.30.